The molecular formula is C22H18F2N2O3. The molecule has 0 atom stereocenters. The van der Waals surface area contributed by atoms with Crippen LogP contribution in [-0.2, 0) is 11.3 Å². The summed E-state index contributed by atoms with van der Waals surface area (Å²) < 4.78 is 31.9. The first-order valence-electron chi connectivity index (χ1n) is 8.81. The molecule has 3 rings (SSSR count). The van der Waals surface area contributed by atoms with Gasteiger partial charge in [0.2, 0.25) is 0 Å². The van der Waals surface area contributed by atoms with Gasteiger partial charge in [0.1, 0.15) is 5.82 Å². The Labute approximate surface area is 166 Å². The number of amides is 2. The van der Waals surface area contributed by atoms with Gasteiger partial charge in [-0.3, -0.25) is 9.59 Å². The van der Waals surface area contributed by atoms with Crippen LogP contribution in [0.2, 0.25) is 0 Å². The average Bonchev–Trinajstić information content (AvgIpc) is 2.72. The summed E-state index contributed by atoms with van der Waals surface area (Å²) in [6.07, 6.45) is 0. The summed E-state index contributed by atoms with van der Waals surface area (Å²) in [5.41, 5.74) is 1.45. The standard InChI is InChI=1S/C22H18F2N2O3/c23-17-7-4-6-16(12-17)22(28)26-18-8-3-5-15(11-18)13-25-21(27)14-29-20-10-2-1-9-19(20)24/h1-12H,13-14H2,(H,25,27)(H,26,28). The van der Waals surface area contributed by atoms with Crippen molar-refractivity contribution >= 4 is 17.5 Å². The Hall–Kier alpha value is -3.74. The SMILES string of the molecule is O=C(COc1ccccc1F)NCc1cccc(NC(=O)c2cccc(F)c2)c1. The van der Waals surface area contributed by atoms with Crippen LogP contribution in [0.1, 0.15) is 15.9 Å². The molecule has 0 aliphatic carbocycles. The second-order valence-corrected chi connectivity index (χ2v) is 6.16. The Morgan fingerprint density at radius 2 is 1.69 bits per heavy atom. The van der Waals surface area contributed by atoms with Crippen LogP contribution >= 0.6 is 0 Å². The van der Waals surface area contributed by atoms with E-state index in [1.165, 1.54) is 36.4 Å². The van der Waals surface area contributed by atoms with E-state index in [1.54, 1.807) is 30.3 Å². The molecule has 7 heteroatoms. The van der Waals surface area contributed by atoms with E-state index in [-0.39, 0.29) is 24.5 Å². The molecule has 0 saturated heterocycles. The Morgan fingerprint density at radius 1 is 0.897 bits per heavy atom. The third-order valence-corrected chi connectivity index (χ3v) is 3.96. The van der Waals surface area contributed by atoms with E-state index < -0.39 is 23.4 Å². The molecule has 0 radical (unpaired) electrons. The molecule has 0 aliphatic rings. The zero-order chi connectivity index (χ0) is 20.6. The maximum Gasteiger partial charge on any atom is 0.258 e. The van der Waals surface area contributed by atoms with Crippen molar-refractivity contribution in [2.45, 2.75) is 6.54 Å². The quantitative estimate of drug-likeness (QED) is 0.636. The van der Waals surface area contributed by atoms with Gasteiger partial charge in [0, 0.05) is 17.8 Å². The first kappa shape index (κ1) is 20.0. The zero-order valence-corrected chi connectivity index (χ0v) is 15.3. The fourth-order valence-corrected chi connectivity index (χ4v) is 2.55. The molecule has 3 aromatic rings. The van der Waals surface area contributed by atoms with Crippen LogP contribution < -0.4 is 15.4 Å². The number of benzene rings is 3. The molecule has 2 N–H and O–H groups in total. The van der Waals surface area contributed by atoms with Gasteiger partial charge in [-0.25, -0.2) is 8.78 Å². The van der Waals surface area contributed by atoms with Crippen molar-refractivity contribution in [3.63, 3.8) is 0 Å². The monoisotopic (exact) mass is 396 g/mol. The molecule has 0 heterocycles. The van der Waals surface area contributed by atoms with Gasteiger partial charge in [-0.1, -0.05) is 30.3 Å². The summed E-state index contributed by atoms with van der Waals surface area (Å²) in [5, 5.41) is 5.34. The molecule has 0 bridgehead atoms. The van der Waals surface area contributed by atoms with E-state index in [0.717, 1.165) is 11.6 Å². The summed E-state index contributed by atoms with van der Waals surface area (Å²) in [6, 6.07) is 18.1. The Bertz CT molecular complexity index is 1020. The van der Waals surface area contributed by atoms with E-state index in [9.17, 15) is 18.4 Å². The number of carbonyl (C=O) groups is 2. The summed E-state index contributed by atoms with van der Waals surface area (Å²) >= 11 is 0. The van der Waals surface area contributed by atoms with Crippen molar-refractivity contribution in [3.05, 3.63) is 95.6 Å². The van der Waals surface area contributed by atoms with Gasteiger partial charge in [-0.05, 0) is 48.0 Å². The summed E-state index contributed by atoms with van der Waals surface area (Å²) in [7, 11) is 0. The van der Waals surface area contributed by atoms with Crippen LogP contribution in [0.4, 0.5) is 14.5 Å². The molecular weight excluding hydrogens is 378 g/mol. The van der Waals surface area contributed by atoms with E-state index in [1.807, 2.05) is 0 Å². The number of halogens is 2. The molecule has 0 spiro atoms. The highest BCUT2D eigenvalue weighted by atomic mass is 19.1. The fourth-order valence-electron chi connectivity index (χ4n) is 2.55. The lowest BCUT2D eigenvalue weighted by Gasteiger charge is -2.10. The van der Waals surface area contributed by atoms with Crippen LogP contribution in [0, 0.1) is 11.6 Å². The Kier molecular flexibility index (Phi) is 6.52. The van der Waals surface area contributed by atoms with Crippen LogP contribution in [0.3, 0.4) is 0 Å². The number of rotatable bonds is 7. The lowest BCUT2D eigenvalue weighted by molar-refractivity contribution is -0.123. The molecule has 148 valence electrons. The number of hydrogen-bond acceptors (Lipinski definition) is 3. The molecule has 0 saturated carbocycles. The van der Waals surface area contributed by atoms with E-state index >= 15 is 0 Å². The molecule has 0 aliphatic heterocycles. The number of ether oxygens (including phenoxy) is 1. The third-order valence-electron chi connectivity index (χ3n) is 3.96. The Balaban J connectivity index is 1.52. The topological polar surface area (TPSA) is 67.4 Å². The molecule has 5 nitrogen and oxygen atoms in total. The second kappa shape index (κ2) is 9.45. The fraction of sp³-hybridized carbons (Fsp3) is 0.0909. The minimum absolute atomic E-state index is 0.00436. The maximum absolute atomic E-state index is 13.5. The van der Waals surface area contributed by atoms with Gasteiger partial charge >= 0.3 is 0 Å². The molecule has 3 aromatic carbocycles. The third kappa shape index (κ3) is 5.87. The normalized spacial score (nSPS) is 10.3. The van der Waals surface area contributed by atoms with Crippen LogP contribution in [0.15, 0.2) is 72.8 Å². The average molecular weight is 396 g/mol. The lowest BCUT2D eigenvalue weighted by atomic mass is 10.1. The molecule has 2 amide bonds. The van der Waals surface area contributed by atoms with E-state index in [4.69, 9.17) is 4.74 Å². The van der Waals surface area contributed by atoms with Crippen molar-refractivity contribution in [2.75, 3.05) is 11.9 Å². The molecule has 0 fully saturated rings. The summed E-state index contributed by atoms with van der Waals surface area (Å²) in [4.78, 5) is 24.1. The minimum Gasteiger partial charge on any atom is -0.481 e. The summed E-state index contributed by atoms with van der Waals surface area (Å²) in [6.45, 7) is -0.125. The van der Waals surface area contributed by atoms with Crippen molar-refractivity contribution in [2.24, 2.45) is 0 Å². The largest absolute Gasteiger partial charge is 0.481 e. The number of para-hydroxylation sites is 1. The van der Waals surface area contributed by atoms with Gasteiger partial charge in [0.25, 0.3) is 11.8 Å². The molecule has 29 heavy (non-hydrogen) atoms. The van der Waals surface area contributed by atoms with Gasteiger partial charge in [0.05, 0.1) is 0 Å². The number of anilines is 1. The number of nitrogens with one attached hydrogen (secondary N) is 2. The number of hydrogen-bond donors (Lipinski definition) is 2. The highest BCUT2D eigenvalue weighted by molar-refractivity contribution is 6.04. The zero-order valence-electron chi connectivity index (χ0n) is 15.3. The van der Waals surface area contributed by atoms with Crippen molar-refractivity contribution in [3.8, 4) is 5.75 Å². The van der Waals surface area contributed by atoms with E-state index in [0.29, 0.717) is 5.69 Å². The minimum atomic E-state index is -0.540. The van der Waals surface area contributed by atoms with Crippen molar-refractivity contribution in [1.29, 1.82) is 0 Å². The molecule has 0 aromatic heterocycles. The smallest absolute Gasteiger partial charge is 0.258 e. The van der Waals surface area contributed by atoms with E-state index in [2.05, 4.69) is 10.6 Å². The lowest BCUT2D eigenvalue weighted by Crippen LogP contribution is -2.28. The van der Waals surface area contributed by atoms with Crippen molar-refractivity contribution in [1.82, 2.24) is 5.32 Å². The Morgan fingerprint density at radius 3 is 2.48 bits per heavy atom. The highest BCUT2D eigenvalue weighted by Crippen LogP contribution is 2.15. The predicted molar refractivity (Wildman–Crippen MR) is 105 cm³/mol. The number of carbonyl (C=O) groups excluding carboxylic acids is 2. The van der Waals surface area contributed by atoms with Gasteiger partial charge in [-0.2, -0.15) is 0 Å². The van der Waals surface area contributed by atoms with Gasteiger partial charge in [0.15, 0.2) is 18.2 Å². The van der Waals surface area contributed by atoms with Crippen LogP contribution in [0.25, 0.3) is 0 Å². The first-order chi connectivity index (χ1) is 14.0. The van der Waals surface area contributed by atoms with Crippen LogP contribution in [-0.4, -0.2) is 18.4 Å². The van der Waals surface area contributed by atoms with Gasteiger partial charge < -0.3 is 15.4 Å². The predicted octanol–water partition coefficient (Wildman–Crippen LogP) is 3.91. The first-order valence-corrected chi connectivity index (χ1v) is 8.81. The molecule has 0 unspecified atom stereocenters. The van der Waals surface area contributed by atoms with Crippen molar-refractivity contribution < 1.29 is 23.1 Å². The summed E-state index contributed by atoms with van der Waals surface area (Å²) in [5.74, 6) is -1.88. The van der Waals surface area contributed by atoms with Gasteiger partial charge in [-0.15, -0.1) is 0 Å². The second-order valence-electron chi connectivity index (χ2n) is 6.16. The highest BCUT2D eigenvalue weighted by Gasteiger charge is 2.09. The van der Waals surface area contributed by atoms with Crippen LogP contribution in [0.5, 0.6) is 5.75 Å². The maximum atomic E-state index is 13.5.